The van der Waals surface area contributed by atoms with E-state index in [-0.39, 0.29) is 30.6 Å². The van der Waals surface area contributed by atoms with E-state index in [1.165, 1.54) is 12.2 Å². The fourth-order valence-electron chi connectivity index (χ4n) is 4.22. The summed E-state index contributed by atoms with van der Waals surface area (Å²) < 4.78 is 28.0. The highest BCUT2D eigenvalue weighted by Crippen LogP contribution is 2.29. The Hall–Kier alpha value is -3.21. The van der Waals surface area contributed by atoms with Crippen molar-refractivity contribution in [2.75, 3.05) is 11.5 Å². The van der Waals surface area contributed by atoms with Crippen LogP contribution in [0.1, 0.15) is 34.2 Å². The first-order valence-electron chi connectivity index (χ1n) is 10.1. The summed E-state index contributed by atoms with van der Waals surface area (Å²) in [7, 11) is -3.12. The summed E-state index contributed by atoms with van der Waals surface area (Å²) in [6.07, 6.45) is 3.16. The minimum absolute atomic E-state index is 0.00915. The first kappa shape index (κ1) is 23.5. The summed E-state index contributed by atoms with van der Waals surface area (Å²) in [5, 5.41) is 0. The Morgan fingerprint density at radius 2 is 1.56 bits per heavy atom. The number of Topliss-reactive ketones (excluding diaryl/α,β-unsaturated/α-hetero) is 1. The minimum atomic E-state index is -3.12. The zero-order chi connectivity index (χ0) is 23.8. The van der Waals surface area contributed by atoms with Gasteiger partial charge in [0.05, 0.1) is 31.1 Å². The maximum atomic E-state index is 13.1. The summed E-state index contributed by atoms with van der Waals surface area (Å²) in [6, 6.07) is 1.37. The molecule has 32 heavy (non-hydrogen) atoms. The second kappa shape index (κ2) is 8.73. The fraction of sp³-hybridized carbons (Fsp3) is 0.429. The van der Waals surface area contributed by atoms with E-state index in [1.54, 1.807) is 19.9 Å². The molecule has 2 aromatic heterocycles. The van der Waals surface area contributed by atoms with Gasteiger partial charge in [0.15, 0.2) is 15.6 Å². The number of carbonyl (C=O) groups is 1. The quantitative estimate of drug-likeness (QED) is 0.408. The van der Waals surface area contributed by atoms with Crippen molar-refractivity contribution in [1.29, 1.82) is 0 Å². The molecule has 0 bridgehead atoms. The molecule has 2 aromatic rings. The van der Waals surface area contributed by atoms with Gasteiger partial charge in [0, 0.05) is 23.0 Å². The number of sulfone groups is 1. The highest BCUT2D eigenvalue weighted by Gasteiger charge is 2.32. The molecule has 172 valence electrons. The molecular weight excluding hydrogens is 436 g/mol. The molecule has 1 aliphatic rings. The number of ketones is 1. The second-order valence-corrected chi connectivity index (χ2v) is 10.1. The van der Waals surface area contributed by atoms with E-state index >= 15 is 0 Å². The third-order valence-corrected chi connectivity index (χ3v) is 7.42. The molecule has 0 amide bonds. The molecule has 1 atom stereocenters. The van der Waals surface area contributed by atoms with Gasteiger partial charge in [-0.3, -0.25) is 4.79 Å². The lowest BCUT2D eigenvalue weighted by Crippen LogP contribution is -2.55. The first-order chi connectivity index (χ1) is 15.0. The molecule has 0 aromatic carbocycles. The van der Waals surface area contributed by atoms with Crippen molar-refractivity contribution < 1.29 is 13.2 Å². The standard InChI is InChI=1S/C21H26N4O6S/c1-5-8-22-19(27)23(9-6-2)21(29)24(20(22)28)12-18(26)17-11-14(3)25(15(17)4)16-7-10-32(30,31)13-16/h5-6,11,16H,1-2,7-10,12-13H2,3-4H3. The predicted octanol–water partition coefficient (Wildman–Crippen LogP) is 0.205. The van der Waals surface area contributed by atoms with Gasteiger partial charge >= 0.3 is 17.1 Å². The molecule has 3 rings (SSSR count). The number of allylic oxidation sites excluding steroid dienone is 2. The zero-order valence-electron chi connectivity index (χ0n) is 18.1. The van der Waals surface area contributed by atoms with Crippen molar-refractivity contribution in [2.45, 2.75) is 45.9 Å². The van der Waals surface area contributed by atoms with E-state index in [9.17, 15) is 27.6 Å². The molecule has 0 radical (unpaired) electrons. The van der Waals surface area contributed by atoms with E-state index in [0.29, 0.717) is 17.7 Å². The van der Waals surface area contributed by atoms with E-state index in [2.05, 4.69) is 13.2 Å². The Balaban J connectivity index is 2.05. The number of rotatable bonds is 8. The van der Waals surface area contributed by atoms with Crippen LogP contribution in [0.2, 0.25) is 0 Å². The maximum Gasteiger partial charge on any atom is 0.337 e. The molecule has 0 aliphatic carbocycles. The summed E-state index contributed by atoms with van der Waals surface area (Å²) in [5.41, 5.74) is -0.998. The second-order valence-electron chi connectivity index (χ2n) is 7.87. The first-order valence-corrected chi connectivity index (χ1v) is 11.9. The summed E-state index contributed by atoms with van der Waals surface area (Å²) in [5.74, 6) is -0.380. The molecule has 1 fully saturated rings. The molecule has 10 nitrogen and oxygen atoms in total. The summed E-state index contributed by atoms with van der Waals surface area (Å²) in [4.78, 5) is 51.1. The van der Waals surface area contributed by atoms with Crippen LogP contribution in [-0.4, -0.2) is 44.0 Å². The molecule has 0 N–H and O–H groups in total. The van der Waals surface area contributed by atoms with Gasteiger partial charge in [-0.25, -0.2) is 36.5 Å². The van der Waals surface area contributed by atoms with Crippen LogP contribution in [0.5, 0.6) is 0 Å². The number of nitrogens with zero attached hydrogens (tertiary/aromatic N) is 4. The van der Waals surface area contributed by atoms with Crippen LogP contribution in [0.4, 0.5) is 0 Å². The molecule has 11 heteroatoms. The lowest BCUT2D eigenvalue weighted by atomic mass is 10.1. The zero-order valence-corrected chi connectivity index (χ0v) is 18.9. The van der Waals surface area contributed by atoms with Gasteiger partial charge in [-0.2, -0.15) is 0 Å². The Morgan fingerprint density at radius 1 is 1.03 bits per heavy atom. The van der Waals surface area contributed by atoms with E-state index in [1.807, 2.05) is 4.57 Å². The largest absolute Gasteiger partial charge is 0.344 e. The molecule has 1 aliphatic heterocycles. The molecule has 0 spiro atoms. The predicted molar refractivity (Wildman–Crippen MR) is 120 cm³/mol. The number of carbonyl (C=O) groups excluding carboxylic acids is 1. The Morgan fingerprint density at radius 3 is 2.03 bits per heavy atom. The van der Waals surface area contributed by atoms with Gasteiger partial charge in [-0.05, 0) is 26.3 Å². The van der Waals surface area contributed by atoms with E-state index in [0.717, 1.165) is 19.4 Å². The maximum absolute atomic E-state index is 13.1. The van der Waals surface area contributed by atoms with Crippen LogP contribution >= 0.6 is 0 Å². The normalized spacial score (nSPS) is 17.4. The Labute approximate surface area is 184 Å². The van der Waals surface area contributed by atoms with Crippen LogP contribution in [0.15, 0.2) is 45.8 Å². The van der Waals surface area contributed by atoms with E-state index in [4.69, 9.17) is 0 Å². The molecule has 3 heterocycles. The Kier molecular flexibility index (Phi) is 6.40. The number of hydrogen-bond acceptors (Lipinski definition) is 6. The van der Waals surface area contributed by atoms with Gasteiger partial charge in [0.2, 0.25) is 0 Å². The number of aromatic nitrogens is 4. The van der Waals surface area contributed by atoms with Gasteiger partial charge in [-0.1, -0.05) is 12.2 Å². The van der Waals surface area contributed by atoms with Crippen LogP contribution in [0.25, 0.3) is 0 Å². The van der Waals surface area contributed by atoms with Crippen molar-refractivity contribution in [1.82, 2.24) is 18.3 Å². The third-order valence-electron chi connectivity index (χ3n) is 5.67. The highest BCUT2D eigenvalue weighted by atomic mass is 32.2. The van der Waals surface area contributed by atoms with Gasteiger partial charge in [0.1, 0.15) is 0 Å². The van der Waals surface area contributed by atoms with Crippen molar-refractivity contribution in [2.24, 2.45) is 0 Å². The molecule has 1 unspecified atom stereocenters. The van der Waals surface area contributed by atoms with Gasteiger partial charge in [-0.15, -0.1) is 13.2 Å². The molecule has 0 saturated carbocycles. The number of aryl methyl sites for hydroxylation is 1. The van der Waals surface area contributed by atoms with Crippen LogP contribution in [-0.2, 0) is 29.5 Å². The van der Waals surface area contributed by atoms with Crippen LogP contribution < -0.4 is 17.1 Å². The van der Waals surface area contributed by atoms with Crippen LogP contribution in [0, 0.1) is 13.8 Å². The van der Waals surface area contributed by atoms with E-state index < -0.39 is 39.2 Å². The summed E-state index contributed by atoms with van der Waals surface area (Å²) in [6.45, 7) is 9.74. The van der Waals surface area contributed by atoms with Crippen molar-refractivity contribution in [3.8, 4) is 0 Å². The van der Waals surface area contributed by atoms with Gasteiger partial charge < -0.3 is 4.57 Å². The third kappa shape index (κ3) is 4.12. The molecule has 1 saturated heterocycles. The van der Waals surface area contributed by atoms with Crippen molar-refractivity contribution in [3.05, 3.63) is 79.8 Å². The average Bonchev–Trinajstić information content (AvgIpc) is 3.23. The molecular formula is C21H26N4O6S. The monoisotopic (exact) mass is 462 g/mol. The lowest BCUT2D eigenvalue weighted by molar-refractivity contribution is 0.0966. The van der Waals surface area contributed by atoms with Crippen molar-refractivity contribution >= 4 is 15.6 Å². The topological polar surface area (TPSA) is 122 Å². The fourth-order valence-corrected chi connectivity index (χ4v) is 5.92. The highest BCUT2D eigenvalue weighted by molar-refractivity contribution is 7.91. The smallest absolute Gasteiger partial charge is 0.337 e. The minimum Gasteiger partial charge on any atom is -0.344 e. The van der Waals surface area contributed by atoms with Crippen LogP contribution in [0.3, 0.4) is 0 Å². The summed E-state index contributed by atoms with van der Waals surface area (Å²) >= 11 is 0. The van der Waals surface area contributed by atoms with Gasteiger partial charge in [0.25, 0.3) is 0 Å². The average molecular weight is 463 g/mol. The SMILES string of the molecule is C=CCn1c(=O)n(CC=C)c(=O)n(CC(=O)c2cc(C)n(C3CCS(=O)(=O)C3)c2C)c1=O. The number of hydrogen-bond donors (Lipinski definition) is 0. The Bertz CT molecular complexity index is 1340. The lowest BCUT2D eigenvalue weighted by Gasteiger charge is -2.16. The van der Waals surface area contributed by atoms with Crippen molar-refractivity contribution in [3.63, 3.8) is 0 Å².